The third kappa shape index (κ3) is 8.51. The van der Waals surface area contributed by atoms with E-state index >= 15 is 0 Å². The minimum atomic E-state index is -0.634. The summed E-state index contributed by atoms with van der Waals surface area (Å²) in [5.74, 6) is -1.64. The number of H-pyrrole nitrogens is 1. The number of carbonyl (C=O) groups excluding carboxylic acids is 3. The monoisotopic (exact) mass is 469 g/mol. The molecule has 0 aliphatic rings. The number of hydrogen-bond donors (Lipinski definition) is 4. The van der Waals surface area contributed by atoms with Gasteiger partial charge in [-0.25, -0.2) is 0 Å². The first-order chi connectivity index (χ1) is 16.4. The topological polar surface area (TPSA) is 121 Å². The molecule has 0 saturated carbocycles. The normalized spacial score (nSPS) is 13.5. The maximum Gasteiger partial charge on any atom is 0.306 e. The zero-order valence-electron chi connectivity index (χ0n) is 19.7. The van der Waals surface area contributed by atoms with E-state index in [1.807, 2.05) is 30.5 Å². The average Bonchev–Trinajstić information content (AvgIpc) is 3.23. The largest absolute Gasteiger partial charge is 0.463 e. The summed E-state index contributed by atoms with van der Waals surface area (Å²) in [4.78, 5) is 40.6. The fraction of sp³-hybridized carbons (Fsp3) is 0.423. The highest BCUT2D eigenvalue weighted by molar-refractivity contribution is 5.86. The van der Waals surface area contributed by atoms with Gasteiger partial charge in [-0.3, -0.25) is 14.4 Å². The number of nitrogens with one attached hydrogen (secondary N) is 3. The van der Waals surface area contributed by atoms with E-state index in [1.54, 1.807) is 19.1 Å². The Balaban J connectivity index is 2.12. The Labute approximate surface area is 200 Å². The van der Waals surface area contributed by atoms with Gasteiger partial charge in [0.2, 0.25) is 11.8 Å². The highest BCUT2D eigenvalue weighted by atomic mass is 16.5. The number of allylic oxidation sites excluding steroid dienone is 2. The van der Waals surface area contributed by atoms with E-state index in [4.69, 9.17) is 9.84 Å². The Bertz CT molecular complexity index is 984. The van der Waals surface area contributed by atoms with Crippen LogP contribution in [-0.2, 0) is 25.5 Å². The summed E-state index contributed by atoms with van der Waals surface area (Å²) in [6.07, 6.45) is 6.58. The van der Waals surface area contributed by atoms with Crippen LogP contribution in [0.5, 0.6) is 0 Å². The SMILES string of the molecule is C=CCCC(=O)OC[C@H](Cc1c[nH]c2ccccc12)NC(=O)[C@@H](CC=C)CC(=O)N[C@H](C)CO. The molecule has 8 heteroatoms. The Morgan fingerprint density at radius 3 is 2.65 bits per heavy atom. The van der Waals surface area contributed by atoms with Crippen LogP contribution in [0.25, 0.3) is 10.9 Å². The van der Waals surface area contributed by atoms with Gasteiger partial charge in [0, 0.05) is 36.0 Å². The van der Waals surface area contributed by atoms with Gasteiger partial charge in [-0.2, -0.15) is 0 Å². The van der Waals surface area contributed by atoms with E-state index in [0.29, 0.717) is 19.3 Å². The van der Waals surface area contributed by atoms with Gasteiger partial charge in [-0.1, -0.05) is 30.4 Å². The molecule has 0 radical (unpaired) electrons. The number of hydrogen-bond acceptors (Lipinski definition) is 5. The highest BCUT2D eigenvalue weighted by Gasteiger charge is 2.25. The number of ether oxygens (including phenoxy) is 1. The first-order valence-corrected chi connectivity index (χ1v) is 11.5. The van der Waals surface area contributed by atoms with Crippen LogP contribution in [0.1, 0.15) is 38.2 Å². The summed E-state index contributed by atoms with van der Waals surface area (Å²) in [6, 6.07) is 6.95. The van der Waals surface area contributed by atoms with Crippen LogP contribution < -0.4 is 10.6 Å². The number of amides is 2. The van der Waals surface area contributed by atoms with E-state index in [2.05, 4.69) is 28.8 Å². The lowest BCUT2D eigenvalue weighted by molar-refractivity contribution is -0.145. The number of para-hydroxylation sites is 1. The molecule has 34 heavy (non-hydrogen) atoms. The maximum atomic E-state index is 13.1. The molecule has 0 unspecified atom stereocenters. The lowest BCUT2D eigenvalue weighted by Gasteiger charge is -2.22. The lowest BCUT2D eigenvalue weighted by Crippen LogP contribution is -2.45. The molecule has 0 spiro atoms. The number of rotatable bonds is 15. The quantitative estimate of drug-likeness (QED) is 0.236. The summed E-state index contributed by atoms with van der Waals surface area (Å²) in [5.41, 5.74) is 1.96. The maximum absolute atomic E-state index is 13.1. The predicted octanol–water partition coefficient (Wildman–Crippen LogP) is 2.78. The van der Waals surface area contributed by atoms with Gasteiger partial charge < -0.3 is 25.5 Å². The van der Waals surface area contributed by atoms with Crippen molar-refractivity contribution in [1.29, 1.82) is 0 Å². The molecule has 2 aromatic rings. The van der Waals surface area contributed by atoms with Crippen molar-refractivity contribution in [1.82, 2.24) is 15.6 Å². The third-order valence-corrected chi connectivity index (χ3v) is 5.42. The summed E-state index contributed by atoms with van der Waals surface area (Å²) in [7, 11) is 0. The zero-order valence-corrected chi connectivity index (χ0v) is 19.7. The molecular formula is C26H35N3O5. The number of aliphatic hydroxyl groups is 1. The Kier molecular flexibility index (Phi) is 11.1. The second-order valence-electron chi connectivity index (χ2n) is 8.36. The second kappa shape index (κ2) is 14.0. The molecule has 2 amide bonds. The van der Waals surface area contributed by atoms with Gasteiger partial charge in [0.05, 0.1) is 18.6 Å². The molecule has 0 fully saturated rings. The molecule has 2 rings (SSSR count). The van der Waals surface area contributed by atoms with E-state index in [1.165, 1.54) is 0 Å². The summed E-state index contributed by atoms with van der Waals surface area (Å²) >= 11 is 0. The average molecular weight is 470 g/mol. The zero-order chi connectivity index (χ0) is 24.9. The molecule has 0 aliphatic heterocycles. The number of fused-ring (bicyclic) bond motifs is 1. The first kappa shape index (κ1) is 26.9. The van der Waals surface area contributed by atoms with Gasteiger partial charge in [0.15, 0.2) is 0 Å². The Hall–Kier alpha value is -3.39. The van der Waals surface area contributed by atoms with Crippen LogP contribution >= 0.6 is 0 Å². The van der Waals surface area contributed by atoms with Crippen LogP contribution in [-0.4, -0.2) is 53.2 Å². The standard InChI is InChI=1S/C26H35N3O5/c1-4-6-12-25(32)34-17-21(13-20-15-27-23-11-8-7-10-22(20)23)29-26(33)19(9-5-2)14-24(31)28-18(3)16-30/h4-5,7-8,10-11,15,18-19,21,27,30H,1-2,6,9,12-14,16-17H2,3H3,(H,28,31)(H,29,33)/t18-,19+,21+/m1/s1. The first-order valence-electron chi connectivity index (χ1n) is 11.5. The van der Waals surface area contributed by atoms with Gasteiger partial charge in [-0.05, 0) is 37.8 Å². The van der Waals surface area contributed by atoms with Crippen molar-refractivity contribution >= 4 is 28.7 Å². The summed E-state index contributed by atoms with van der Waals surface area (Å²) in [5, 5.41) is 15.8. The van der Waals surface area contributed by atoms with Crippen molar-refractivity contribution in [2.24, 2.45) is 5.92 Å². The van der Waals surface area contributed by atoms with Crippen molar-refractivity contribution in [2.75, 3.05) is 13.2 Å². The minimum absolute atomic E-state index is 0.00970. The number of carbonyl (C=O) groups is 3. The molecule has 8 nitrogen and oxygen atoms in total. The van der Waals surface area contributed by atoms with E-state index in [0.717, 1.165) is 16.5 Å². The molecule has 3 atom stereocenters. The summed E-state index contributed by atoms with van der Waals surface area (Å²) in [6.45, 7) is 8.81. The van der Waals surface area contributed by atoms with Crippen molar-refractivity contribution < 1.29 is 24.2 Å². The molecular weight excluding hydrogens is 434 g/mol. The number of aromatic nitrogens is 1. The van der Waals surface area contributed by atoms with Crippen molar-refractivity contribution in [3.05, 3.63) is 61.3 Å². The molecule has 184 valence electrons. The van der Waals surface area contributed by atoms with Crippen molar-refractivity contribution in [3.63, 3.8) is 0 Å². The third-order valence-electron chi connectivity index (χ3n) is 5.42. The van der Waals surface area contributed by atoms with Gasteiger partial charge in [0.25, 0.3) is 0 Å². The van der Waals surface area contributed by atoms with Gasteiger partial charge in [-0.15, -0.1) is 13.2 Å². The van der Waals surface area contributed by atoms with Crippen LogP contribution in [0.3, 0.4) is 0 Å². The molecule has 1 aromatic heterocycles. The molecule has 0 saturated heterocycles. The van der Waals surface area contributed by atoms with Gasteiger partial charge in [0.1, 0.15) is 6.61 Å². The number of benzene rings is 1. The van der Waals surface area contributed by atoms with Crippen LogP contribution in [0.4, 0.5) is 0 Å². The minimum Gasteiger partial charge on any atom is -0.463 e. The summed E-state index contributed by atoms with van der Waals surface area (Å²) < 4.78 is 5.42. The second-order valence-corrected chi connectivity index (χ2v) is 8.36. The highest BCUT2D eigenvalue weighted by Crippen LogP contribution is 2.20. The van der Waals surface area contributed by atoms with Crippen LogP contribution in [0, 0.1) is 5.92 Å². The fourth-order valence-electron chi connectivity index (χ4n) is 3.61. The Morgan fingerprint density at radius 2 is 1.94 bits per heavy atom. The van der Waals surface area contributed by atoms with E-state index in [-0.39, 0.29) is 43.8 Å². The molecule has 1 aromatic carbocycles. The molecule has 1 heterocycles. The predicted molar refractivity (Wildman–Crippen MR) is 132 cm³/mol. The van der Waals surface area contributed by atoms with E-state index in [9.17, 15) is 14.4 Å². The molecule has 0 aliphatic carbocycles. The number of aromatic amines is 1. The number of esters is 1. The molecule has 0 bridgehead atoms. The van der Waals surface area contributed by atoms with Crippen molar-refractivity contribution in [3.8, 4) is 0 Å². The van der Waals surface area contributed by atoms with E-state index < -0.39 is 18.0 Å². The smallest absolute Gasteiger partial charge is 0.306 e. The fourth-order valence-corrected chi connectivity index (χ4v) is 3.61. The van der Waals surface area contributed by atoms with Crippen molar-refractivity contribution in [2.45, 2.75) is 51.1 Å². The molecule has 4 N–H and O–H groups in total. The van der Waals surface area contributed by atoms with Gasteiger partial charge >= 0.3 is 5.97 Å². The van der Waals surface area contributed by atoms with Crippen LogP contribution in [0.15, 0.2) is 55.8 Å². The number of aliphatic hydroxyl groups excluding tert-OH is 1. The lowest BCUT2D eigenvalue weighted by atomic mass is 9.98. The Morgan fingerprint density at radius 1 is 1.18 bits per heavy atom. The van der Waals surface area contributed by atoms with Crippen LogP contribution in [0.2, 0.25) is 0 Å².